The zero-order chi connectivity index (χ0) is 17.5. The summed E-state index contributed by atoms with van der Waals surface area (Å²) in [5, 5.41) is 12.5. The number of benzene rings is 2. The van der Waals surface area contributed by atoms with Gasteiger partial charge < -0.3 is 15.2 Å². The molecule has 25 heavy (non-hydrogen) atoms. The van der Waals surface area contributed by atoms with Crippen molar-refractivity contribution in [3.05, 3.63) is 71.3 Å². The predicted molar refractivity (Wildman–Crippen MR) is 98.7 cm³/mol. The van der Waals surface area contributed by atoms with Gasteiger partial charge in [-0.2, -0.15) is 0 Å². The molecule has 2 aromatic rings. The molecule has 0 saturated carbocycles. The third-order valence-electron chi connectivity index (χ3n) is 4.34. The number of rotatable bonds is 8. The van der Waals surface area contributed by atoms with Crippen molar-refractivity contribution in [1.29, 1.82) is 0 Å². The van der Waals surface area contributed by atoms with Gasteiger partial charge in [0.05, 0.1) is 0 Å². The number of hydrogen-bond acceptors (Lipinski definition) is 3. The average molecular weight is 337 g/mol. The van der Waals surface area contributed by atoms with Crippen LogP contribution in [0.3, 0.4) is 0 Å². The molecule has 1 aliphatic heterocycles. The van der Waals surface area contributed by atoms with E-state index >= 15 is 0 Å². The standard InChI is InChI=1S/C21H23NO3/c23-21(24)11-10-19(13-16-6-2-1-3-7-16)22-14-17-12-18-8-4-5-9-20(18)25-15-17/h1-9,12,19,22H,10-11,13-15H2,(H,23,24). The zero-order valence-electron chi connectivity index (χ0n) is 14.2. The van der Waals surface area contributed by atoms with E-state index in [9.17, 15) is 4.79 Å². The molecule has 1 unspecified atom stereocenters. The fourth-order valence-corrected chi connectivity index (χ4v) is 3.01. The number of carbonyl (C=O) groups is 1. The van der Waals surface area contributed by atoms with Crippen LogP contribution in [0.4, 0.5) is 0 Å². The van der Waals surface area contributed by atoms with E-state index in [4.69, 9.17) is 9.84 Å². The Hall–Kier alpha value is -2.59. The third kappa shape index (κ3) is 5.19. The molecule has 0 amide bonds. The Balaban J connectivity index is 1.62. The molecule has 2 aromatic carbocycles. The Morgan fingerprint density at radius 3 is 2.68 bits per heavy atom. The molecule has 4 heteroatoms. The Bertz CT molecular complexity index is 740. The molecule has 1 heterocycles. The molecule has 0 aromatic heterocycles. The molecule has 0 fully saturated rings. The van der Waals surface area contributed by atoms with Gasteiger partial charge in [-0.1, -0.05) is 48.5 Å². The minimum atomic E-state index is -0.756. The first-order valence-electron chi connectivity index (χ1n) is 8.61. The first-order valence-corrected chi connectivity index (χ1v) is 8.61. The smallest absolute Gasteiger partial charge is 0.303 e. The van der Waals surface area contributed by atoms with Crippen LogP contribution in [0, 0.1) is 0 Å². The first kappa shape index (κ1) is 17.2. The molecule has 0 aliphatic carbocycles. The van der Waals surface area contributed by atoms with E-state index in [1.807, 2.05) is 42.5 Å². The van der Waals surface area contributed by atoms with Crippen LogP contribution < -0.4 is 10.1 Å². The lowest BCUT2D eigenvalue weighted by Crippen LogP contribution is -2.34. The molecular formula is C21H23NO3. The zero-order valence-corrected chi connectivity index (χ0v) is 14.2. The molecule has 0 spiro atoms. The summed E-state index contributed by atoms with van der Waals surface area (Å²) in [4.78, 5) is 10.9. The Labute approximate surface area is 148 Å². The van der Waals surface area contributed by atoms with Gasteiger partial charge in [0.25, 0.3) is 0 Å². The van der Waals surface area contributed by atoms with Gasteiger partial charge in [-0.05, 0) is 36.1 Å². The van der Waals surface area contributed by atoms with E-state index in [0.29, 0.717) is 19.6 Å². The van der Waals surface area contributed by atoms with Gasteiger partial charge >= 0.3 is 5.97 Å². The second-order valence-electron chi connectivity index (χ2n) is 6.33. The molecule has 0 saturated heterocycles. The van der Waals surface area contributed by atoms with Crippen molar-refractivity contribution in [3.8, 4) is 5.75 Å². The summed E-state index contributed by atoms with van der Waals surface area (Å²) in [6.07, 6.45) is 3.75. The number of carboxylic acid groups (broad SMARTS) is 1. The van der Waals surface area contributed by atoms with Crippen molar-refractivity contribution in [3.63, 3.8) is 0 Å². The maximum atomic E-state index is 10.9. The van der Waals surface area contributed by atoms with Crippen LogP contribution in [0.25, 0.3) is 6.08 Å². The minimum Gasteiger partial charge on any atom is -0.489 e. The second kappa shape index (κ2) is 8.49. The van der Waals surface area contributed by atoms with E-state index in [1.54, 1.807) is 0 Å². The average Bonchev–Trinajstić information content (AvgIpc) is 2.64. The van der Waals surface area contributed by atoms with Crippen molar-refractivity contribution < 1.29 is 14.6 Å². The third-order valence-corrected chi connectivity index (χ3v) is 4.34. The highest BCUT2D eigenvalue weighted by Gasteiger charge is 2.15. The molecule has 3 rings (SSSR count). The number of aliphatic carboxylic acids is 1. The SMILES string of the molecule is O=C(O)CCC(Cc1ccccc1)NCC1=Cc2ccccc2OC1. The summed E-state index contributed by atoms with van der Waals surface area (Å²) >= 11 is 0. The topological polar surface area (TPSA) is 58.6 Å². The molecule has 0 bridgehead atoms. The van der Waals surface area contributed by atoms with Gasteiger partial charge in [0.15, 0.2) is 0 Å². The van der Waals surface area contributed by atoms with Gasteiger partial charge in [-0.15, -0.1) is 0 Å². The summed E-state index contributed by atoms with van der Waals surface area (Å²) in [7, 11) is 0. The highest BCUT2D eigenvalue weighted by Crippen LogP contribution is 2.25. The number of fused-ring (bicyclic) bond motifs is 1. The van der Waals surface area contributed by atoms with Crippen LogP contribution in [0.2, 0.25) is 0 Å². The van der Waals surface area contributed by atoms with Gasteiger partial charge in [0, 0.05) is 24.6 Å². The van der Waals surface area contributed by atoms with Crippen molar-refractivity contribution >= 4 is 12.0 Å². The number of hydrogen-bond donors (Lipinski definition) is 2. The monoisotopic (exact) mass is 337 g/mol. The van der Waals surface area contributed by atoms with Gasteiger partial charge in [-0.25, -0.2) is 0 Å². The van der Waals surface area contributed by atoms with E-state index in [-0.39, 0.29) is 12.5 Å². The number of nitrogens with one attached hydrogen (secondary N) is 1. The largest absolute Gasteiger partial charge is 0.489 e. The van der Waals surface area contributed by atoms with Crippen molar-refractivity contribution in [2.75, 3.05) is 13.2 Å². The van der Waals surface area contributed by atoms with Gasteiger partial charge in [0.1, 0.15) is 12.4 Å². The van der Waals surface area contributed by atoms with Crippen LogP contribution in [0.1, 0.15) is 24.0 Å². The summed E-state index contributed by atoms with van der Waals surface area (Å²) in [5.41, 5.74) is 3.48. The Morgan fingerprint density at radius 1 is 1.12 bits per heavy atom. The molecule has 2 N–H and O–H groups in total. The summed E-state index contributed by atoms with van der Waals surface area (Å²) in [5.74, 6) is 0.159. The highest BCUT2D eigenvalue weighted by atomic mass is 16.5. The first-order chi connectivity index (χ1) is 12.2. The molecule has 130 valence electrons. The minimum absolute atomic E-state index is 0.122. The van der Waals surface area contributed by atoms with Crippen LogP contribution in [0.5, 0.6) is 5.75 Å². The normalized spacial score (nSPS) is 14.2. The van der Waals surface area contributed by atoms with Crippen LogP contribution >= 0.6 is 0 Å². The lowest BCUT2D eigenvalue weighted by Gasteiger charge is -2.22. The van der Waals surface area contributed by atoms with Crippen LogP contribution in [0.15, 0.2) is 60.2 Å². The maximum Gasteiger partial charge on any atom is 0.303 e. The van der Waals surface area contributed by atoms with E-state index in [1.165, 1.54) is 11.1 Å². The van der Waals surface area contributed by atoms with Crippen molar-refractivity contribution in [2.45, 2.75) is 25.3 Å². The lowest BCUT2D eigenvalue weighted by atomic mass is 10.0. The van der Waals surface area contributed by atoms with Crippen molar-refractivity contribution in [1.82, 2.24) is 5.32 Å². The van der Waals surface area contributed by atoms with E-state index in [0.717, 1.165) is 17.7 Å². The molecule has 1 atom stereocenters. The highest BCUT2D eigenvalue weighted by molar-refractivity contribution is 5.66. The van der Waals surface area contributed by atoms with Crippen LogP contribution in [-0.2, 0) is 11.2 Å². The Kier molecular flexibility index (Phi) is 5.86. The number of ether oxygens (including phenoxy) is 1. The summed E-state index contributed by atoms with van der Waals surface area (Å²) < 4.78 is 5.78. The van der Waals surface area contributed by atoms with Gasteiger partial charge in [-0.3, -0.25) is 4.79 Å². The van der Waals surface area contributed by atoms with Crippen molar-refractivity contribution in [2.24, 2.45) is 0 Å². The molecule has 0 radical (unpaired) electrons. The number of para-hydroxylation sites is 1. The summed E-state index contributed by atoms with van der Waals surface area (Å²) in [6.45, 7) is 1.27. The second-order valence-corrected chi connectivity index (χ2v) is 6.33. The Morgan fingerprint density at radius 2 is 1.88 bits per heavy atom. The lowest BCUT2D eigenvalue weighted by molar-refractivity contribution is -0.137. The fraction of sp³-hybridized carbons (Fsp3) is 0.286. The predicted octanol–water partition coefficient (Wildman–Crippen LogP) is 3.53. The maximum absolute atomic E-state index is 10.9. The fourth-order valence-electron chi connectivity index (χ4n) is 3.01. The molecule has 1 aliphatic rings. The summed E-state index contributed by atoms with van der Waals surface area (Å²) in [6, 6.07) is 18.3. The molecular weight excluding hydrogens is 314 g/mol. The van der Waals surface area contributed by atoms with E-state index in [2.05, 4.69) is 23.5 Å². The molecule has 4 nitrogen and oxygen atoms in total. The quantitative estimate of drug-likeness (QED) is 0.774. The number of carboxylic acids is 1. The van der Waals surface area contributed by atoms with Crippen LogP contribution in [-0.4, -0.2) is 30.3 Å². The van der Waals surface area contributed by atoms with E-state index < -0.39 is 5.97 Å². The van der Waals surface area contributed by atoms with Gasteiger partial charge in [0.2, 0.25) is 0 Å².